The molecular formula is C8H16BNO2. The van der Waals surface area contributed by atoms with Gasteiger partial charge in [-0.3, -0.25) is 0 Å². The molecule has 0 N–H and O–H groups in total. The Morgan fingerprint density at radius 1 is 1.08 bits per heavy atom. The second-order valence-electron chi connectivity index (χ2n) is 3.65. The normalized spacial score (nSPS) is 23.0. The van der Waals surface area contributed by atoms with Crippen LogP contribution in [0.1, 0.15) is 34.6 Å². The Morgan fingerprint density at radius 3 is 1.42 bits per heavy atom. The first-order valence-electron chi connectivity index (χ1n) is 3.96. The summed E-state index contributed by atoms with van der Waals surface area (Å²) in [6, 6.07) is 1.75. The molecule has 0 radical (unpaired) electrons. The van der Waals surface area contributed by atoms with Crippen LogP contribution in [-0.2, 0) is 9.31 Å². The molecule has 1 aliphatic rings. The van der Waals surface area contributed by atoms with Crippen LogP contribution in [0.15, 0.2) is 0 Å². The number of hydrogen-bond acceptors (Lipinski definition) is 3. The monoisotopic (exact) mass is 169 g/mol. The van der Waals surface area contributed by atoms with Crippen molar-refractivity contribution < 1.29 is 9.31 Å². The maximum Gasteiger partial charge on any atom is 0.439 e. The fraction of sp³-hybridized carbons (Fsp3) is 0.875. The molecule has 0 amide bonds. The standard InChI is InChI=1S/C6H13BO2.C2H3N/c1-5(2)6(3,4)9-7-8-5;1-2-3/h7H,1-4H3;1H3. The lowest BCUT2D eigenvalue weighted by Crippen LogP contribution is -2.41. The van der Waals surface area contributed by atoms with Gasteiger partial charge in [-0.25, -0.2) is 0 Å². The maximum atomic E-state index is 7.32. The molecular weight excluding hydrogens is 153 g/mol. The van der Waals surface area contributed by atoms with Gasteiger partial charge in [0.15, 0.2) is 0 Å². The van der Waals surface area contributed by atoms with Gasteiger partial charge in [0.05, 0.1) is 17.3 Å². The molecule has 1 rings (SSSR count). The van der Waals surface area contributed by atoms with Crippen LogP contribution < -0.4 is 0 Å². The summed E-state index contributed by atoms with van der Waals surface area (Å²) in [4.78, 5) is 0. The first-order valence-corrected chi connectivity index (χ1v) is 3.96. The molecule has 0 aromatic carbocycles. The van der Waals surface area contributed by atoms with E-state index in [1.54, 1.807) is 6.07 Å². The highest BCUT2D eigenvalue weighted by molar-refractivity contribution is 6.19. The molecule has 0 spiro atoms. The van der Waals surface area contributed by atoms with Crippen LogP contribution in [0.3, 0.4) is 0 Å². The van der Waals surface area contributed by atoms with Gasteiger partial charge in [0.2, 0.25) is 0 Å². The zero-order valence-electron chi connectivity index (χ0n) is 8.47. The Bertz CT molecular complexity index is 170. The highest BCUT2D eigenvalue weighted by Gasteiger charge is 2.44. The molecule has 1 heterocycles. The SMILES string of the molecule is CC#N.CC1(C)OBOC1(C)C. The van der Waals surface area contributed by atoms with Crippen molar-refractivity contribution in [3.8, 4) is 6.07 Å². The van der Waals surface area contributed by atoms with E-state index >= 15 is 0 Å². The molecule has 0 aromatic heterocycles. The molecule has 4 heteroatoms. The summed E-state index contributed by atoms with van der Waals surface area (Å²) < 4.78 is 10.7. The lowest BCUT2D eigenvalue weighted by molar-refractivity contribution is 0.00578. The minimum Gasteiger partial charge on any atom is -0.406 e. The Labute approximate surface area is 75.0 Å². The highest BCUT2D eigenvalue weighted by atomic mass is 16.7. The average molecular weight is 169 g/mol. The van der Waals surface area contributed by atoms with E-state index in [-0.39, 0.29) is 11.2 Å². The Morgan fingerprint density at radius 2 is 1.33 bits per heavy atom. The van der Waals surface area contributed by atoms with E-state index in [1.807, 2.05) is 27.7 Å². The Balaban J connectivity index is 0.000000354. The van der Waals surface area contributed by atoms with Crippen molar-refractivity contribution in [2.24, 2.45) is 0 Å². The third-order valence-corrected chi connectivity index (χ3v) is 2.29. The fourth-order valence-electron chi connectivity index (χ4n) is 0.672. The average Bonchev–Trinajstić information content (AvgIpc) is 2.08. The Kier molecular flexibility index (Phi) is 3.76. The van der Waals surface area contributed by atoms with Crippen molar-refractivity contribution in [1.29, 1.82) is 5.26 Å². The van der Waals surface area contributed by atoms with Crippen LogP contribution >= 0.6 is 0 Å². The molecule has 1 saturated heterocycles. The van der Waals surface area contributed by atoms with E-state index in [0.29, 0.717) is 7.69 Å². The third-order valence-electron chi connectivity index (χ3n) is 2.29. The van der Waals surface area contributed by atoms with E-state index in [4.69, 9.17) is 14.6 Å². The van der Waals surface area contributed by atoms with Gasteiger partial charge < -0.3 is 9.31 Å². The van der Waals surface area contributed by atoms with Crippen molar-refractivity contribution in [2.75, 3.05) is 0 Å². The minimum absolute atomic E-state index is 0.132. The summed E-state index contributed by atoms with van der Waals surface area (Å²) in [7, 11) is 0.431. The van der Waals surface area contributed by atoms with Crippen molar-refractivity contribution in [3.05, 3.63) is 0 Å². The summed E-state index contributed by atoms with van der Waals surface area (Å²) in [5, 5.41) is 7.32. The number of nitrogens with zero attached hydrogens (tertiary/aromatic N) is 1. The van der Waals surface area contributed by atoms with Gasteiger partial charge in [0.1, 0.15) is 0 Å². The summed E-state index contributed by atoms with van der Waals surface area (Å²) in [5.74, 6) is 0. The van der Waals surface area contributed by atoms with Crippen molar-refractivity contribution in [3.63, 3.8) is 0 Å². The molecule has 0 unspecified atom stereocenters. The van der Waals surface area contributed by atoms with E-state index in [2.05, 4.69) is 0 Å². The molecule has 12 heavy (non-hydrogen) atoms. The predicted molar refractivity (Wildman–Crippen MR) is 48.8 cm³/mol. The molecule has 0 saturated carbocycles. The van der Waals surface area contributed by atoms with Crippen LogP contribution in [0, 0.1) is 11.3 Å². The number of hydrogen-bond donors (Lipinski definition) is 0. The molecule has 0 bridgehead atoms. The van der Waals surface area contributed by atoms with Gasteiger partial charge in [0, 0.05) is 6.92 Å². The van der Waals surface area contributed by atoms with Crippen molar-refractivity contribution in [2.45, 2.75) is 45.8 Å². The van der Waals surface area contributed by atoms with Gasteiger partial charge in [-0.2, -0.15) is 5.26 Å². The van der Waals surface area contributed by atoms with Crippen LogP contribution in [0.4, 0.5) is 0 Å². The molecule has 0 aromatic rings. The van der Waals surface area contributed by atoms with Crippen LogP contribution in [0.25, 0.3) is 0 Å². The highest BCUT2D eigenvalue weighted by Crippen LogP contribution is 2.33. The van der Waals surface area contributed by atoms with Gasteiger partial charge in [0.25, 0.3) is 0 Å². The molecule has 0 atom stereocenters. The molecule has 68 valence electrons. The number of nitriles is 1. The maximum absolute atomic E-state index is 7.32. The fourth-order valence-corrected chi connectivity index (χ4v) is 0.672. The molecule has 3 nitrogen and oxygen atoms in total. The van der Waals surface area contributed by atoms with Crippen molar-refractivity contribution in [1.82, 2.24) is 0 Å². The van der Waals surface area contributed by atoms with E-state index in [1.165, 1.54) is 6.92 Å². The van der Waals surface area contributed by atoms with E-state index in [0.717, 1.165) is 0 Å². The zero-order chi connectivity index (χ0) is 9.83. The first-order chi connectivity index (χ1) is 5.37. The second kappa shape index (κ2) is 3.93. The van der Waals surface area contributed by atoms with Gasteiger partial charge in [-0.15, -0.1) is 0 Å². The summed E-state index contributed by atoms with van der Waals surface area (Å²) in [5.41, 5.74) is -0.264. The molecule has 0 aliphatic carbocycles. The lowest BCUT2D eigenvalue weighted by atomic mass is 9.90. The minimum atomic E-state index is -0.132. The van der Waals surface area contributed by atoms with Crippen LogP contribution in [0.2, 0.25) is 0 Å². The summed E-state index contributed by atoms with van der Waals surface area (Å²) in [6.45, 7) is 9.60. The third kappa shape index (κ3) is 2.51. The van der Waals surface area contributed by atoms with Crippen LogP contribution in [-0.4, -0.2) is 18.9 Å². The zero-order valence-corrected chi connectivity index (χ0v) is 8.47. The molecule has 1 aliphatic heterocycles. The largest absolute Gasteiger partial charge is 0.439 e. The number of rotatable bonds is 0. The summed E-state index contributed by atoms with van der Waals surface area (Å²) >= 11 is 0. The lowest BCUT2D eigenvalue weighted by Gasteiger charge is -2.32. The van der Waals surface area contributed by atoms with Gasteiger partial charge in [-0.05, 0) is 27.7 Å². The van der Waals surface area contributed by atoms with Gasteiger partial charge in [-0.1, -0.05) is 0 Å². The van der Waals surface area contributed by atoms with E-state index in [9.17, 15) is 0 Å². The predicted octanol–water partition coefficient (Wildman–Crippen LogP) is 1.39. The van der Waals surface area contributed by atoms with E-state index < -0.39 is 0 Å². The quantitative estimate of drug-likeness (QED) is 0.514. The Hall–Kier alpha value is -0.525. The second-order valence-corrected chi connectivity index (χ2v) is 3.65. The molecule has 1 fully saturated rings. The van der Waals surface area contributed by atoms with Crippen LogP contribution in [0.5, 0.6) is 0 Å². The topological polar surface area (TPSA) is 42.2 Å². The smallest absolute Gasteiger partial charge is 0.406 e. The van der Waals surface area contributed by atoms with Crippen molar-refractivity contribution >= 4 is 7.69 Å². The van der Waals surface area contributed by atoms with Gasteiger partial charge >= 0.3 is 7.69 Å². The first kappa shape index (κ1) is 11.5. The summed E-state index contributed by atoms with van der Waals surface area (Å²) in [6.07, 6.45) is 0.